The summed E-state index contributed by atoms with van der Waals surface area (Å²) in [5.74, 6) is 3.39. The van der Waals surface area contributed by atoms with E-state index in [4.69, 9.17) is 0 Å². The van der Waals surface area contributed by atoms with Crippen LogP contribution < -0.4 is 0 Å². The Balaban J connectivity index is 2.90. The lowest BCUT2D eigenvalue weighted by molar-refractivity contribution is 0.259. The SMILES string of the molecule is CCC(C)C1CC(C)C(C)C(C)=C1C. The van der Waals surface area contributed by atoms with Crippen LogP contribution in [0.5, 0.6) is 0 Å². The minimum atomic E-state index is 0.801. The van der Waals surface area contributed by atoms with E-state index >= 15 is 0 Å². The summed E-state index contributed by atoms with van der Waals surface area (Å²) in [6.45, 7) is 14.2. The van der Waals surface area contributed by atoms with Crippen molar-refractivity contribution in [3.63, 3.8) is 0 Å². The third kappa shape index (κ3) is 2.04. The quantitative estimate of drug-likeness (QED) is 0.561. The Morgan fingerprint density at radius 1 is 1.21 bits per heavy atom. The van der Waals surface area contributed by atoms with E-state index in [1.54, 1.807) is 11.1 Å². The first-order valence-electron chi connectivity index (χ1n) is 6.16. The molecule has 0 aromatic heterocycles. The molecule has 0 heterocycles. The van der Waals surface area contributed by atoms with Gasteiger partial charge in [0.2, 0.25) is 0 Å². The Bertz CT molecular complexity index is 224. The van der Waals surface area contributed by atoms with Crippen molar-refractivity contribution in [3.05, 3.63) is 11.1 Å². The topological polar surface area (TPSA) is 0 Å². The fourth-order valence-corrected chi connectivity index (χ4v) is 2.80. The van der Waals surface area contributed by atoms with Gasteiger partial charge in [0, 0.05) is 0 Å². The molecule has 0 fully saturated rings. The van der Waals surface area contributed by atoms with Crippen LogP contribution >= 0.6 is 0 Å². The second-order valence-electron chi connectivity index (χ2n) is 5.36. The zero-order valence-corrected chi connectivity index (χ0v) is 10.7. The van der Waals surface area contributed by atoms with Gasteiger partial charge in [0.15, 0.2) is 0 Å². The van der Waals surface area contributed by atoms with Gasteiger partial charge in [-0.1, -0.05) is 45.3 Å². The van der Waals surface area contributed by atoms with E-state index in [0.717, 1.165) is 23.7 Å². The molecule has 4 unspecified atom stereocenters. The Hall–Kier alpha value is -0.260. The third-order valence-electron chi connectivity index (χ3n) is 4.67. The first-order chi connectivity index (χ1) is 6.49. The normalized spacial score (nSPS) is 36.0. The lowest BCUT2D eigenvalue weighted by atomic mass is 9.68. The average molecular weight is 194 g/mol. The third-order valence-corrected chi connectivity index (χ3v) is 4.67. The molecule has 0 aliphatic heterocycles. The van der Waals surface area contributed by atoms with Gasteiger partial charge in [0.05, 0.1) is 0 Å². The van der Waals surface area contributed by atoms with Gasteiger partial charge in [-0.3, -0.25) is 0 Å². The Morgan fingerprint density at radius 2 is 1.79 bits per heavy atom. The molecule has 0 saturated heterocycles. The van der Waals surface area contributed by atoms with E-state index < -0.39 is 0 Å². The molecule has 0 amide bonds. The summed E-state index contributed by atoms with van der Waals surface area (Å²) >= 11 is 0. The highest BCUT2D eigenvalue weighted by molar-refractivity contribution is 5.20. The van der Waals surface area contributed by atoms with Crippen molar-refractivity contribution in [2.75, 3.05) is 0 Å². The van der Waals surface area contributed by atoms with Crippen LogP contribution in [0.15, 0.2) is 11.1 Å². The van der Waals surface area contributed by atoms with Gasteiger partial charge >= 0.3 is 0 Å². The average Bonchev–Trinajstić information content (AvgIpc) is 2.19. The zero-order valence-electron chi connectivity index (χ0n) is 10.7. The van der Waals surface area contributed by atoms with Gasteiger partial charge in [-0.05, 0) is 43.9 Å². The van der Waals surface area contributed by atoms with Gasteiger partial charge < -0.3 is 0 Å². The maximum Gasteiger partial charge on any atom is -0.0175 e. The molecule has 0 aromatic carbocycles. The molecule has 0 spiro atoms. The standard InChI is InChI=1S/C14H26/c1-7-9(2)14-8-10(3)11(4)12(5)13(14)6/h9-11,14H,7-8H2,1-6H3. The number of rotatable bonds is 2. The molecule has 0 nitrogen and oxygen atoms in total. The first kappa shape index (κ1) is 11.8. The second kappa shape index (κ2) is 4.51. The summed E-state index contributed by atoms with van der Waals surface area (Å²) in [5.41, 5.74) is 3.35. The van der Waals surface area contributed by atoms with Crippen LogP contribution in [0.4, 0.5) is 0 Å². The van der Waals surface area contributed by atoms with Crippen molar-refractivity contribution in [1.82, 2.24) is 0 Å². The van der Waals surface area contributed by atoms with Crippen molar-refractivity contribution >= 4 is 0 Å². The molecular formula is C14H26. The van der Waals surface area contributed by atoms with Crippen LogP contribution in [0.25, 0.3) is 0 Å². The molecule has 0 N–H and O–H groups in total. The maximum absolute atomic E-state index is 2.41. The predicted octanol–water partition coefficient (Wildman–Crippen LogP) is 4.66. The van der Waals surface area contributed by atoms with Gasteiger partial charge in [-0.2, -0.15) is 0 Å². The van der Waals surface area contributed by atoms with Crippen LogP contribution in [-0.2, 0) is 0 Å². The molecule has 0 saturated carbocycles. The summed E-state index contributed by atoms with van der Waals surface area (Å²) in [7, 11) is 0. The molecule has 0 heteroatoms. The lowest BCUT2D eigenvalue weighted by Crippen LogP contribution is -2.26. The predicted molar refractivity (Wildman–Crippen MR) is 64.3 cm³/mol. The van der Waals surface area contributed by atoms with Gasteiger partial charge in [-0.25, -0.2) is 0 Å². The van der Waals surface area contributed by atoms with Gasteiger partial charge in [0.1, 0.15) is 0 Å². The molecule has 0 aromatic rings. The Labute approximate surface area is 89.8 Å². The zero-order chi connectivity index (χ0) is 10.9. The second-order valence-corrected chi connectivity index (χ2v) is 5.36. The van der Waals surface area contributed by atoms with Gasteiger partial charge in [0.25, 0.3) is 0 Å². The smallest absolute Gasteiger partial charge is 0.0175 e. The lowest BCUT2D eigenvalue weighted by Gasteiger charge is -2.37. The molecule has 0 bridgehead atoms. The fourth-order valence-electron chi connectivity index (χ4n) is 2.80. The largest absolute Gasteiger partial charge is 0.0710 e. The molecule has 1 rings (SSSR count). The molecule has 0 radical (unpaired) electrons. The van der Waals surface area contributed by atoms with Crippen molar-refractivity contribution in [1.29, 1.82) is 0 Å². The van der Waals surface area contributed by atoms with Crippen molar-refractivity contribution in [2.24, 2.45) is 23.7 Å². The molecule has 82 valence electrons. The first-order valence-corrected chi connectivity index (χ1v) is 6.16. The summed E-state index contributed by atoms with van der Waals surface area (Å²) in [5, 5.41) is 0. The number of hydrogen-bond donors (Lipinski definition) is 0. The Kier molecular flexibility index (Phi) is 3.80. The fraction of sp³-hybridized carbons (Fsp3) is 0.857. The summed E-state index contributed by atoms with van der Waals surface area (Å²) < 4.78 is 0. The molecule has 1 aliphatic carbocycles. The van der Waals surface area contributed by atoms with Crippen LogP contribution in [0.3, 0.4) is 0 Å². The van der Waals surface area contributed by atoms with Crippen LogP contribution in [0, 0.1) is 23.7 Å². The summed E-state index contributed by atoms with van der Waals surface area (Å²) in [6.07, 6.45) is 2.72. The molecule has 14 heavy (non-hydrogen) atoms. The minimum absolute atomic E-state index is 0.801. The van der Waals surface area contributed by atoms with Crippen molar-refractivity contribution in [3.8, 4) is 0 Å². The molecule has 1 aliphatic rings. The van der Waals surface area contributed by atoms with Crippen molar-refractivity contribution in [2.45, 2.75) is 54.4 Å². The number of hydrogen-bond acceptors (Lipinski definition) is 0. The van der Waals surface area contributed by atoms with Crippen LogP contribution in [-0.4, -0.2) is 0 Å². The van der Waals surface area contributed by atoms with Crippen LogP contribution in [0.2, 0.25) is 0 Å². The summed E-state index contributed by atoms with van der Waals surface area (Å²) in [6, 6.07) is 0. The monoisotopic (exact) mass is 194 g/mol. The maximum atomic E-state index is 2.41. The molecule has 4 atom stereocenters. The Morgan fingerprint density at radius 3 is 2.29 bits per heavy atom. The number of allylic oxidation sites excluding steroid dienone is 2. The van der Waals surface area contributed by atoms with E-state index in [1.807, 2.05) is 0 Å². The van der Waals surface area contributed by atoms with E-state index in [9.17, 15) is 0 Å². The highest BCUT2D eigenvalue weighted by Crippen LogP contribution is 2.41. The summed E-state index contributed by atoms with van der Waals surface area (Å²) in [4.78, 5) is 0. The minimum Gasteiger partial charge on any atom is -0.0710 e. The van der Waals surface area contributed by atoms with E-state index in [2.05, 4.69) is 41.5 Å². The highest BCUT2D eigenvalue weighted by atomic mass is 14.3. The molecular weight excluding hydrogens is 168 g/mol. The van der Waals surface area contributed by atoms with E-state index in [1.165, 1.54) is 12.8 Å². The van der Waals surface area contributed by atoms with Crippen molar-refractivity contribution < 1.29 is 0 Å². The van der Waals surface area contributed by atoms with E-state index in [0.29, 0.717) is 0 Å². The highest BCUT2D eigenvalue weighted by Gasteiger charge is 2.30. The van der Waals surface area contributed by atoms with E-state index in [-0.39, 0.29) is 0 Å². The van der Waals surface area contributed by atoms with Crippen LogP contribution in [0.1, 0.15) is 54.4 Å². The van der Waals surface area contributed by atoms with Gasteiger partial charge in [-0.15, -0.1) is 0 Å².